The molecule has 11 heteroatoms. The number of hydrogen-bond acceptors (Lipinski definition) is 5. The number of carbonyl (C=O) groups is 2. The van der Waals surface area contributed by atoms with Crippen LogP contribution < -0.4 is 14.4 Å². The van der Waals surface area contributed by atoms with E-state index in [-0.39, 0.29) is 23.0 Å². The average molecular weight is 593 g/mol. The van der Waals surface area contributed by atoms with Crippen LogP contribution in [0.4, 0.5) is 5.69 Å². The Morgan fingerprint density at radius 2 is 1.64 bits per heavy atom. The predicted octanol–water partition coefficient (Wildman–Crippen LogP) is 5.14. The van der Waals surface area contributed by atoms with Crippen molar-refractivity contribution in [3.63, 3.8) is 0 Å². The van der Waals surface area contributed by atoms with Gasteiger partial charge in [-0.3, -0.25) is 13.9 Å². The second-order valence-electron chi connectivity index (χ2n) is 8.58. The highest BCUT2D eigenvalue weighted by molar-refractivity contribution is 7.92. The molecule has 0 bridgehead atoms. The summed E-state index contributed by atoms with van der Waals surface area (Å²) in [6, 6.07) is 18.2. The first-order valence-electron chi connectivity index (χ1n) is 12.4. The van der Waals surface area contributed by atoms with Gasteiger partial charge in [0.1, 0.15) is 18.3 Å². The van der Waals surface area contributed by atoms with E-state index in [0.717, 1.165) is 4.31 Å². The zero-order valence-electron chi connectivity index (χ0n) is 21.9. The van der Waals surface area contributed by atoms with Crippen LogP contribution in [0.3, 0.4) is 0 Å². The first-order chi connectivity index (χ1) is 18.6. The number of likely N-dealkylation sites (N-methyl/N-ethyl adjacent to an activating group) is 1. The topological polar surface area (TPSA) is 96.0 Å². The molecule has 1 unspecified atom stereocenters. The van der Waals surface area contributed by atoms with Gasteiger partial charge in [-0.2, -0.15) is 0 Å². The first kappa shape index (κ1) is 30.3. The molecule has 0 saturated carbocycles. The highest BCUT2D eigenvalue weighted by atomic mass is 35.5. The number of hydrogen-bond donors (Lipinski definition) is 1. The number of amides is 2. The van der Waals surface area contributed by atoms with Crippen molar-refractivity contribution in [2.75, 3.05) is 24.0 Å². The van der Waals surface area contributed by atoms with Crippen molar-refractivity contribution in [2.24, 2.45) is 0 Å². The van der Waals surface area contributed by atoms with E-state index < -0.39 is 28.5 Å². The van der Waals surface area contributed by atoms with E-state index in [1.54, 1.807) is 74.5 Å². The van der Waals surface area contributed by atoms with Crippen molar-refractivity contribution in [2.45, 2.75) is 38.3 Å². The molecule has 0 spiro atoms. The Kier molecular flexibility index (Phi) is 10.6. The molecule has 1 atom stereocenters. The quantitative estimate of drug-likeness (QED) is 0.314. The van der Waals surface area contributed by atoms with Crippen molar-refractivity contribution in [3.8, 4) is 5.75 Å². The Hall–Kier alpha value is -3.27. The predicted molar refractivity (Wildman–Crippen MR) is 154 cm³/mol. The molecule has 0 fully saturated rings. The second kappa shape index (κ2) is 13.7. The second-order valence-corrected chi connectivity index (χ2v) is 11.3. The molecule has 0 heterocycles. The Balaban J connectivity index is 2.03. The normalized spacial score (nSPS) is 11.9. The fourth-order valence-corrected chi connectivity index (χ4v) is 5.77. The van der Waals surface area contributed by atoms with Gasteiger partial charge in [-0.1, -0.05) is 47.5 Å². The number of carbonyl (C=O) groups excluding carboxylic acids is 2. The molecule has 0 aliphatic carbocycles. The molecule has 39 heavy (non-hydrogen) atoms. The summed E-state index contributed by atoms with van der Waals surface area (Å²) < 4.78 is 34.0. The summed E-state index contributed by atoms with van der Waals surface area (Å²) >= 11 is 12.4. The summed E-state index contributed by atoms with van der Waals surface area (Å²) in [5.41, 5.74) is 0.829. The average Bonchev–Trinajstić information content (AvgIpc) is 2.92. The lowest BCUT2D eigenvalue weighted by molar-refractivity contribution is -0.139. The van der Waals surface area contributed by atoms with Gasteiger partial charge in [0.25, 0.3) is 10.0 Å². The van der Waals surface area contributed by atoms with Gasteiger partial charge < -0.3 is 15.0 Å². The summed E-state index contributed by atoms with van der Waals surface area (Å²) in [4.78, 5) is 28.0. The van der Waals surface area contributed by atoms with Crippen LogP contribution in [0.25, 0.3) is 0 Å². The number of benzene rings is 3. The third-order valence-electron chi connectivity index (χ3n) is 5.92. The summed E-state index contributed by atoms with van der Waals surface area (Å²) in [7, 11) is -4.15. The molecule has 1 N–H and O–H groups in total. The first-order valence-corrected chi connectivity index (χ1v) is 14.6. The maximum Gasteiger partial charge on any atom is 0.264 e. The van der Waals surface area contributed by atoms with Gasteiger partial charge >= 0.3 is 0 Å². The molecule has 2 amide bonds. The SMILES string of the molecule is CCNC(=O)C(C)N(Cc1ccc(Cl)cc1Cl)C(=O)CN(c1ccc(OCC)cc1)S(=O)(=O)c1ccccc1. The van der Waals surface area contributed by atoms with Crippen molar-refractivity contribution in [1.82, 2.24) is 10.2 Å². The van der Waals surface area contributed by atoms with Crippen LogP contribution >= 0.6 is 23.2 Å². The van der Waals surface area contributed by atoms with Gasteiger partial charge in [0.15, 0.2) is 0 Å². The van der Waals surface area contributed by atoms with Crippen LogP contribution in [0.2, 0.25) is 10.0 Å². The minimum atomic E-state index is -4.15. The third-order valence-corrected chi connectivity index (χ3v) is 8.29. The monoisotopic (exact) mass is 591 g/mol. The van der Waals surface area contributed by atoms with E-state index in [2.05, 4.69) is 5.32 Å². The smallest absolute Gasteiger partial charge is 0.264 e. The third kappa shape index (κ3) is 7.65. The molecule has 0 aliphatic rings. The Bertz CT molecular complexity index is 1390. The number of rotatable bonds is 12. The van der Waals surface area contributed by atoms with Crippen molar-refractivity contribution >= 4 is 50.7 Å². The number of halogens is 2. The molecule has 0 aromatic heterocycles. The molecule has 0 radical (unpaired) electrons. The lowest BCUT2D eigenvalue weighted by Gasteiger charge is -2.32. The van der Waals surface area contributed by atoms with E-state index in [1.807, 2.05) is 6.92 Å². The molecular formula is C28H31Cl2N3O5S. The lowest BCUT2D eigenvalue weighted by Crippen LogP contribution is -2.51. The van der Waals surface area contributed by atoms with Crippen LogP contribution in [0.15, 0.2) is 77.7 Å². The van der Waals surface area contributed by atoms with Crippen LogP contribution in [0, 0.1) is 0 Å². The molecule has 0 aliphatic heterocycles. The molecule has 0 saturated heterocycles. The number of nitrogens with zero attached hydrogens (tertiary/aromatic N) is 2. The molecule has 3 aromatic carbocycles. The van der Waals surface area contributed by atoms with E-state index in [4.69, 9.17) is 27.9 Å². The summed E-state index contributed by atoms with van der Waals surface area (Å²) in [6.45, 7) is 5.43. The van der Waals surface area contributed by atoms with Gasteiger partial charge in [0.05, 0.1) is 17.2 Å². The number of nitrogens with one attached hydrogen (secondary N) is 1. The van der Waals surface area contributed by atoms with Crippen molar-refractivity contribution in [3.05, 3.63) is 88.4 Å². The number of ether oxygens (including phenoxy) is 1. The largest absolute Gasteiger partial charge is 0.494 e. The summed E-state index contributed by atoms with van der Waals surface area (Å²) in [5.74, 6) is -0.406. The minimum absolute atomic E-state index is 0.0238. The van der Waals surface area contributed by atoms with E-state index >= 15 is 0 Å². The summed E-state index contributed by atoms with van der Waals surface area (Å²) in [5, 5.41) is 3.46. The molecule has 3 aromatic rings. The molecule has 8 nitrogen and oxygen atoms in total. The number of anilines is 1. The fraction of sp³-hybridized carbons (Fsp3) is 0.286. The highest BCUT2D eigenvalue weighted by Gasteiger charge is 2.32. The van der Waals surface area contributed by atoms with Crippen LogP contribution in [0.1, 0.15) is 26.3 Å². The van der Waals surface area contributed by atoms with Gasteiger partial charge in [-0.05, 0) is 74.9 Å². The molecular weight excluding hydrogens is 561 g/mol. The van der Waals surface area contributed by atoms with E-state index in [9.17, 15) is 18.0 Å². The molecule has 208 valence electrons. The maximum atomic E-state index is 13.9. The van der Waals surface area contributed by atoms with Gasteiger partial charge in [0.2, 0.25) is 11.8 Å². The zero-order chi connectivity index (χ0) is 28.6. The van der Waals surface area contributed by atoms with Gasteiger partial charge in [-0.25, -0.2) is 8.42 Å². The minimum Gasteiger partial charge on any atom is -0.494 e. The van der Waals surface area contributed by atoms with Crippen LogP contribution in [-0.4, -0.2) is 50.9 Å². The standard InChI is InChI=1S/C28H31Cl2N3O5S/c1-4-31-28(35)20(3)32(18-21-11-12-22(29)17-26(21)30)27(34)19-33(23-13-15-24(16-14-23)38-5-2)39(36,37)25-9-7-6-8-10-25/h6-17,20H,4-5,18-19H2,1-3H3,(H,31,35). The van der Waals surface area contributed by atoms with Crippen molar-refractivity contribution in [1.29, 1.82) is 0 Å². The Morgan fingerprint density at radius 1 is 0.974 bits per heavy atom. The van der Waals surface area contributed by atoms with E-state index in [1.165, 1.54) is 17.0 Å². The summed E-state index contributed by atoms with van der Waals surface area (Å²) in [6.07, 6.45) is 0. The zero-order valence-corrected chi connectivity index (χ0v) is 24.3. The Morgan fingerprint density at radius 3 is 2.23 bits per heavy atom. The van der Waals surface area contributed by atoms with Crippen LogP contribution in [-0.2, 0) is 26.2 Å². The van der Waals surface area contributed by atoms with Gasteiger partial charge in [-0.15, -0.1) is 0 Å². The van der Waals surface area contributed by atoms with Crippen LogP contribution in [0.5, 0.6) is 5.75 Å². The lowest BCUT2D eigenvalue weighted by atomic mass is 10.1. The molecule has 3 rings (SSSR count). The van der Waals surface area contributed by atoms with Gasteiger partial charge in [0, 0.05) is 23.1 Å². The fourth-order valence-electron chi connectivity index (χ4n) is 3.86. The van der Waals surface area contributed by atoms with Crippen molar-refractivity contribution < 1.29 is 22.7 Å². The maximum absolute atomic E-state index is 13.9. The number of sulfonamides is 1. The highest BCUT2D eigenvalue weighted by Crippen LogP contribution is 2.27. The Labute approximate surface area is 239 Å². The van der Waals surface area contributed by atoms with E-state index in [0.29, 0.717) is 34.5 Å².